The molecule has 0 aliphatic heterocycles. The monoisotopic (exact) mass is 942 g/mol. The van der Waals surface area contributed by atoms with Crippen LogP contribution < -0.4 is 0 Å². The third-order valence-corrected chi connectivity index (χ3v) is 14.0. The minimum atomic E-state index is 0.406. The Labute approximate surface area is 426 Å². The van der Waals surface area contributed by atoms with Gasteiger partial charge in [0.1, 0.15) is 0 Å². The van der Waals surface area contributed by atoms with Crippen LogP contribution in [0.4, 0.5) is 5.69 Å². The molecule has 0 aliphatic rings. The van der Waals surface area contributed by atoms with Crippen LogP contribution in [0.5, 0.6) is 0 Å². The summed E-state index contributed by atoms with van der Waals surface area (Å²) >= 11 is 0. The van der Waals surface area contributed by atoms with Crippen LogP contribution in [0.15, 0.2) is 194 Å². The van der Waals surface area contributed by atoms with Gasteiger partial charge in [-0.3, -0.25) is 4.98 Å². The van der Waals surface area contributed by atoms with E-state index in [0.717, 1.165) is 122 Å². The number of rotatable bonds is 7. The Morgan fingerprint density at radius 3 is 1.11 bits per heavy atom. The molecule has 0 saturated carbocycles. The maximum absolute atomic E-state index is 11.3. The molecule has 3 aromatic heterocycles. The number of aryl methyl sites for hydroxylation is 2. The van der Waals surface area contributed by atoms with Gasteiger partial charge in [-0.25, -0.2) is 4.85 Å². The van der Waals surface area contributed by atoms with Crippen molar-refractivity contribution >= 4 is 49.3 Å². The fourth-order valence-electron chi connectivity index (χ4n) is 10.8. The Morgan fingerprint density at radius 2 is 0.743 bits per heavy atom. The van der Waals surface area contributed by atoms with Gasteiger partial charge in [-0.05, 0) is 131 Å². The molecular weight excluding hydrogens is 905 g/mol. The Balaban J connectivity index is 1.28. The molecule has 3 heterocycles. The number of nitriles is 4. The van der Waals surface area contributed by atoms with Crippen LogP contribution in [0, 0.1) is 65.7 Å². The van der Waals surface area contributed by atoms with Crippen molar-refractivity contribution in [2.45, 2.75) is 13.8 Å². The summed E-state index contributed by atoms with van der Waals surface area (Å²) in [5.74, 6) is 0. The fraction of sp³-hybridized carbons (Fsp3) is 0.0303. The summed E-state index contributed by atoms with van der Waals surface area (Å²) < 4.78 is 4.46. The van der Waals surface area contributed by atoms with E-state index in [9.17, 15) is 21.0 Å². The van der Waals surface area contributed by atoms with Gasteiger partial charge in [0.05, 0.1) is 86.5 Å². The van der Waals surface area contributed by atoms with Gasteiger partial charge in [-0.1, -0.05) is 127 Å². The van der Waals surface area contributed by atoms with E-state index in [2.05, 4.69) is 123 Å². The summed E-state index contributed by atoms with van der Waals surface area (Å²) in [4.78, 5) is 8.76. The summed E-state index contributed by atoms with van der Waals surface area (Å²) in [7, 11) is 0. The first-order valence-corrected chi connectivity index (χ1v) is 24.0. The van der Waals surface area contributed by atoms with Gasteiger partial charge in [0.2, 0.25) is 0 Å². The number of pyridine rings is 1. The smallest absolute Gasteiger partial charge is 0.194 e. The van der Waals surface area contributed by atoms with Crippen molar-refractivity contribution in [1.29, 1.82) is 21.0 Å². The van der Waals surface area contributed by atoms with Gasteiger partial charge in [0, 0.05) is 38.5 Å². The molecule has 0 radical (unpaired) electrons. The van der Waals surface area contributed by atoms with Gasteiger partial charge in [0.15, 0.2) is 5.69 Å². The van der Waals surface area contributed by atoms with Gasteiger partial charge >= 0.3 is 0 Å². The van der Waals surface area contributed by atoms with E-state index in [1.54, 1.807) is 0 Å². The normalized spacial score (nSPS) is 11.0. The maximum Gasteiger partial charge on any atom is 0.194 e. The second-order valence-corrected chi connectivity index (χ2v) is 18.3. The van der Waals surface area contributed by atoms with Gasteiger partial charge < -0.3 is 9.13 Å². The van der Waals surface area contributed by atoms with E-state index in [-0.39, 0.29) is 0 Å². The van der Waals surface area contributed by atoms with E-state index in [4.69, 9.17) is 11.6 Å². The fourth-order valence-corrected chi connectivity index (χ4v) is 10.8. The first-order chi connectivity index (χ1) is 36.3. The van der Waals surface area contributed by atoms with Crippen molar-refractivity contribution in [1.82, 2.24) is 14.1 Å². The number of aromatic nitrogens is 3. The predicted molar refractivity (Wildman–Crippen MR) is 295 cm³/mol. The van der Waals surface area contributed by atoms with E-state index in [1.807, 2.05) is 123 Å². The standard InChI is InChI=1S/C66H38N8/c1-40-28-50(29-41(2)72-40)66-64(73-60-32-43(51-15-7-4-12-47(51)37-68)20-24-55(60)56-25-21-44(33-61(56)73)52-16-8-5-13-48(52)38-69)30-42(36-67)31-65(66)74-62-34-45(53-17-9-6-14-49(53)39-70)22-26-57(62)58-27-23-46(35-63(58)74)54-18-10-11-19-59(54)71-3/h4-35H,1-2H3. The summed E-state index contributed by atoms with van der Waals surface area (Å²) in [6, 6.07) is 73.3. The van der Waals surface area contributed by atoms with Crippen LogP contribution in [0.1, 0.15) is 33.6 Å². The second kappa shape index (κ2) is 17.9. The molecule has 0 aliphatic carbocycles. The SMILES string of the molecule is [C-]#[N+]c1ccccc1-c1ccc2c3ccc(-c4ccccc4C#N)cc3n(-c3cc(C#N)cc(-n4c5cc(-c6ccccc6C#N)ccc5c5ccc(-c6ccccc6C#N)cc54)c3-c3cc(C)nc(C)c3)c2c1. The van der Waals surface area contributed by atoms with E-state index in [0.29, 0.717) is 27.9 Å². The Bertz CT molecular complexity index is 4080. The molecule has 12 rings (SSSR count). The Kier molecular flexibility index (Phi) is 10.7. The van der Waals surface area contributed by atoms with E-state index >= 15 is 0 Å². The van der Waals surface area contributed by atoms with Gasteiger partial charge in [0.25, 0.3) is 0 Å². The molecule has 0 fully saturated rings. The summed E-state index contributed by atoms with van der Waals surface area (Å²) in [5.41, 5.74) is 17.3. The molecule has 12 aromatic rings. The average molecular weight is 943 g/mol. The minimum absolute atomic E-state index is 0.406. The maximum atomic E-state index is 11.3. The van der Waals surface area contributed by atoms with Crippen molar-refractivity contribution in [3.8, 4) is 91.3 Å². The van der Waals surface area contributed by atoms with Gasteiger partial charge in [-0.15, -0.1) is 0 Å². The second-order valence-electron chi connectivity index (χ2n) is 18.3. The van der Waals surface area contributed by atoms with Crippen LogP contribution in [-0.2, 0) is 0 Å². The molecule has 74 heavy (non-hydrogen) atoms. The van der Waals surface area contributed by atoms with Crippen LogP contribution in [-0.4, -0.2) is 14.1 Å². The Hall–Kier alpha value is -10.8. The van der Waals surface area contributed by atoms with Crippen LogP contribution in [0.3, 0.4) is 0 Å². The molecule has 0 amide bonds. The molecule has 0 saturated heterocycles. The van der Waals surface area contributed by atoms with Crippen molar-refractivity contribution < 1.29 is 0 Å². The number of fused-ring (bicyclic) bond motifs is 6. The zero-order chi connectivity index (χ0) is 50.6. The van der Waals surface area contributed by atoms with Crippen LogP contribution in [0.25, 0.3) is 115 Å². The third kappa shape index (κ3) is 7.22. The first-order valence-electron chi connectivity index (χ1n) is 24.0. The molecular formula is C66H38N8. The molecule has 0 unspecified atom stereocenters. The van der Waals surface area contributed by atoms with Crippen molar-refractivity contribution in [3.05, 3.63) is 239 Å². The van der Waals surface area contributed by atoms with E-state index in [1.165, 1.54) is 0 Å². The zero-order valence-electron chi connectivity index (χ0n) is 40.1. The van der Waals surface area contributed by atoms with E-state index < -0.39 is 0 Å². The summed E-state index contributed by atoms with van der Waals surface area (Å²) in [6.07, 6.45) is 0. The van der Waals surface area contributed by atoms with Crippen molar-refractivity contribution in [3.63, 3.8) is 0 Å². The minimum Gasteiger partial charge on any atom is -0.308 e. The lowest BCUT2D eigenvalue weighted by Crippen LogP contribution is -2.06. The van der Waals surface area contributed by atoms with Crippen molar-refractivity contribution in [2.24, 2.45) is 0 Å². The lowest BCUT2D eigenvalue weighted by molar-refractivity contribution is 1.11. The number of para-hydroxylation sites is 1. The molecule has 0 bridgehead atoms. The lowest BCUT2D eigenvalue weighted by Gasteiger charge is -2.22. The number of benzene rings is 9. The quantitative estimate of drug-likeness (QED) is 0.147. The van der Waals surface area contributed by atoms with Crippen molar-refractivity contribution in [2.75, 3.05) is 0 Å². The highest BCUT2D eigenvalue weighted by Crippen LogP contribution is 2.46. The Morgan fingerprint density at radius 1 is 0.392 bits per heavy atom. The number of hydrogen-bond acceptors (Lipinski definition) is 5. The third-order valence-electron chi connectivity index (χ3n) is 14.0. The highest BCUT2D eigenvalue weighted by atomic mass is 15.0. The molecule has 0 spiro atoms. The number of nitrogens with zero attached hydrogens (tertiary/aromatic N) is 8. The largest absolute Gasteiger partial charge is 0.308 e. The summed E-state index contributed by atoms with van der Waals surface area (Å²) in [5, 5.41) is 46.1. The van der Waals surface area contributed by atoms with Crippen LogP contribution in [0.2, 0.25) is 0 Å². The number of hydrogen-bond donors (Lipinski definition) is 0. The molecule has 342 valence electrons. The molecule has 0 N–H and O–H groups in total. The molecule has 9 aromatic carbocycles. The highest BCUT2D eigenvalue weighted by Gasteiger charge is 2.26. The highest BCUT2D eigenvalue weighted by molar-refractivity contribution is 6.14. The summed E-state index contributed by atoms with van der Waals surface area (Å²) in [6.45, 7) is 12.1. The lowest BCUT2D eigenvalue weighted by atomic mass is 9.96. The topological polar surface area (TPSA) is 122 Å². The van der Waals surface area contributed by atoms with Crippen LogP contribution >= 0.6 is 0 Å². The predicted octanol–water partition coefficient (Wildman–Crippen LogP) is 16.3. The first kappa shape index (κ1) is 44.4. The molecule has 8 nitrogen and oxygen atoms in total. The molecule has 8 heteroatoms. The average Bonchev–Trinajstić information content (AvgIpc) is 3.96. The molecule has 0 atom stereocenters. The zero-order valence-corrected chi connectivity index (χ0v) is 40.1. The van der Waals surface area contributed by atoms with Gasteiger partial charge in [-0.2, -0.15) is 21.0 Å².